The Morgan fingerprint density at radius 3 is 2.93 bits per heavy atom. The number of hydrogen-bond donors (Lipinski definition) is 2. The molecule has 1 amide bonds. The summed E-state index contributed by atoms with van der Waals surface area (Å²) in [6.07, 6.45) is 1.85. The Hall–Kier alpha value is -1.80. The molecule has 1 heterocycles. The predicted molar refractivity (Wildman–Crippen MR) is 55.6 cm³/mol. The second-order valence-corrected chi connectivity index (χ2v) is 3.46. The smallest absolute Gasteiger partial charge is 0.234 e. The minimum absolute atomic E-state index is 0.365. The van der Waals surface area contributed by atoms with E-state index in [1.54, 1.807) is 24.6 Å². The normalized spacial score (nSPS) is 12.1. The number of amides is 1. The lowest BCUT2D eigenvalue weighted by atomic mass is 10.2. The zero-order valence-corrected chi connectivity index (χ0v) is 8.82. The van der Waals surface area contributed by atoms with E-state index in [4.69, 9.17) is 11.0 Å². The summed E-state index contributed by atoms with van der Waals surface area (Å²) in [6.45, 7) is 2.23. The highest BCUT2D eigenvalue weighted by Crippen LogP contribution is 2.05. The molecule has 3 N–H and O–H groups in total. The summed E-state index contributed by atoms with van der Waals surface area (Å²) in [5.74, 6) is -0.383. The lowest BCUT2D eigenvalue weighted by Crippen LogP contribution is -2.38. The standard InChI is InChI=1S/C10H14N4O/c1-7(10(12)15)13-5-8-3-9(4-11)14(2)6-8/h3,6-7,13H,5H2,1-2H3,(H2,12,15). The molecule has 0 fully saturated rings. The molecule has 0 saturated carbocycles. The molecule has 5 heteroatoms. The number of nitrogens with two attached hydrogens (primary N) is 1. The third kappa shape index (κ3) is 2.82. The first kappa shape index (κ1) is 11.3. The van der Waals surface area contributed by atoms with Gasteiger partial charge in [0.15, 0.2) is 0 Å². The number of nitriles is 1. The summed E-state index contributed by atoms with van der Waals surface area (Å²) in [6, 6.07) is 3.48. The van der Waals surface area contributed by atoms with Gasteiger partial charge in [-0.2, -0.15) is 5.26 Å². The van der Waals surface area contributed by atoms with E-state index in [-0.39, 0.29) is 11.9 Å². The van der Waals surface area contributed by atoms with Gasteiger partial charge in [-0.05, 0) is 18.6 Å². The van der Waals surface area contributed by atoms with Crippen LogP contribution in [0.5, 0.6) is 0 Å². The highest BCUT2D eigenvalue weighted by Gasteiger charge is 2.08. The van der Waals surface area contributed by atoms with Crippen molar-refractivity contribution in [2.75, 3.05) is 0 Å². The molecule has 0 aliphatic carbocycles. The molecule has 0 saturated heterocycles. The highest BCUT2D eigenvalue weighted by atomic mass is 16.1. The maximum atomic E-state index is 10.8. The second kappa shape index (κ2) is 4.62. The van der Waals surface area contributed by atoms with Crippen molar-refractivity contribution in [2.45, 2.75) is 19.5 Å². The van der Waals surface area contributed by atoms with Crippen LogP contribution in [0, 0.1) is 11.3 Å². The van der Waals surface area contributed by atoms with Gasteiger partial charge in [-0.15, -0.1) is 0 Å². The van der Waals surface area contributed by atoms with E-state index in [2.05, 4.69) is 11.4 Å². The van der Waals surface area contributed by atoms with Gasteiger partial charge in [-0.25, -0.2) is 0 Å². The lowest BCUT2D eigenvalue weighted by Gasteiger charge is -2.07. The summed E-state index contributed by atoms with van der Waals surface area (Å²) >= 11 is 0. The van der Waals surface area contributed by atoms with Gasteiger partial charge in [0.05, 0.1) is 6.04 Å². The van der Waals surface area contributed by atoms with Crippen molar-refractivity contribution < 1.29 is 4.79 Å². The molecule has 0 aliphatic rings. The van der Waals surface area contributed by atoms with E-state index in [0.29, 0.717) is 12.2 Å². The fourth-order valence-electron chi connectivity index (χ4n) is 1.21. The Kier molecular flexibility index (Phi) is 3.47. The molecule has 80 valence electrons. The molecule has 0 radical (unpaired) electrons. The van der Waals surface area contributed by atoms with Crippen molar-refractivity contribution >= 4 is 5.91 Å². The van der Waals surface area contributed by atoms with Gasteiger partial charge >= 0.3 is 0 Å². The minimum atomic E-state index is -0.383. The predicted octanol–water partition coefficient (Wildman–Crippen LogP) is -0.140. The monoisotopic (exact) mass is 206 g/mol. The third-order valence-electron chi connectivity index (χ3n) is 2.22. The molecule has 0 aromatic carbocycles. The number of nitrogens with zero attached hydrogens (tertiary/aromatic N) is 2. The number of rotatable bonds is 4. The maximum Gasteiger partial charge on any atom is 0.234 e. The molecule has 1 atom stereocenters. The average Bonchev–Trinajstić information content (AvgIpc) is 2.55. The Morgan fingerprint density at radius 2 is 2.47 bits per heavy atom. The van der Waals surface area contributed by atoms with Crippen LogP contribution in [0.1, 0.15) is 18.2 Å². The van der Waals surface area contributed by atoms with E-state index in [0.717, 1.165) is 5.56 Å². The van der Waals surface area contributed by atoms with Crippen LogP contribution in [0.25, 0.3) is 0 Å². The number of primary amides is 1. The van der Waals surface area contributed by atoms with Crippen molar-refractivity contribution in [1.82, 2.24) is 9.88 Å². The van der Waals surface area contributed by atoms with Gasteiger partial charge < -0.3 is 15.6 Å². The molecule has 1 rings (SSSR count). The second-order valence-electron chi connectivity index (χ2n) is 3.46. The van der Waals surface area contributed by atoms with Crippen LogP contribution in [-0.2, 0) is 18.4 Å². The Morgan fingerprint density at radius 1 is 1.80 bits per heavy atom. The molecular formula is C10H14N4O. The lowest BCUT2D eigenvalue weighted by molar-refractivity contribution is -0.119. The van der Waals surface area contributed by atoms with Gasteiger partial charge in [0.2, 0.25) is 5.91 Å². The van der Waals surface area contributed by atoms with Crippen molar-refractivity contribution in [2.24, 2.45) is 12.8 Å². The molecule has 1 aromatic heterocycles. The molecule has 0 bridgehead atoms. The van der Waals surface area contributed by atoms with Gasteiger partial charge in [-0.1, -0.05) is 0 Å². The topological polar surface area (TPSA) is 83.8 Å². The maximum absolute atomic E-state index is 10.8. The van der Waals surface area contributed by atoms with Crippen LogP contribution in [0.4, 0.5) is 0 Å². The Labute approximate surface area is 88.5 Å². The molecule has 0 aliphatic heterocycles. The number of carbonyl (C=O) groups excluding carboxylic acids is 1. The SMILES string of the molecule is CC(NCc1cc(C#N)n(C)c1)C(N)=O. The van der Waals surface area contributed by atoms with E-state index in [9.17, 15) is 4.79 Å². The van der Waals surface area contributed by atoms with Crippen LogP contribution in [-0.4, -0.2) is 16.5 Å². The zero-order valence-electron chi connectivity index (χ0n) is 8.82. The van der Waals surface area contributed by atoms with Crippen molar-refractivity contribution in [3.8, 4) is 6.07 Å². The van der Waals surface area contributed by atoms with E-state index in [1.165, 1.54) is 0 Å². The molecule has 0 spiro atoms. The fraction of sp³-hybridized carbons (Fsp3) is 0.400. The van der Waals surface area contributed by atoms with Crippen LogP contribution in [0.2, 0.25) is 0 Å². The quantitative estimate of drug-likeness (QED) is 0.719. The average molecular weight is 206 g/mol. The summed E-state index contributed by atoms with van der Waals surface area (Å²) < 4.78 is 1.74. The molecule has 15 heavy (non-hydrogen) atoms. The zero-order chi connectivity index (χ0) is 11.4. The number of carbonyl (C=O) groups is 1. The summed E-state index contributed by atoms with van der Waals surface area (Å²) in [5, 5.41) is 11.7. The van der Waals surface area contributed by atoms with Gasteiger partial charge in [-0.3, -0.25) is 4.79 Å². The number of nitrogens with one attached hydrogen (secondary N) is 1. The van der Waals surface area contributed by atoms with Crippen molar-refractivity contribution in [3.63, 3.8) is 0 Å². The summed E-state index contributed by atoms with van der Waals surface area (Å²) in [4.78, 5) is 10.8. The highest BCUT2D eigenvalue weighted by molar-refractivity contribution is 5.79. The van der Waals surface area contributed by atoms with Gasteiger partial charge in [0.25, 0.3) is 0 Å². The largest absolute Gasteiger partial charge is 0.368 e. The van der Waals surface area contributed by atoms with Crippen LogP contribution in [0.15, 0.2) is 12.3 Å². The Bertz CT molecular complexity index is 402. The molecule has 1 aromatic rings. The third-order valence-corrected chi connectivity index (χ3v) is 2.22. The van der Waals surface area contributed by atoms with Crippen molar-refractivity contribution in [1.29, 1.82) is 5.26 Å². The first-order valence-corrected chi connectivity index (χ1v) is 4.62. The van der Waals surface area contributed by atoms with Crippen LogP contribution in [0.3, 0.4) is 0 Å². The number of aromatic nitrogens is 1. The van der Waals surface area contributed by atoms with E-state index in [1.807, 2.05) is 6.20 Å². The first-order valence-electron chi connectivity index (χ1n) is 4.62. The Balaban J connectivity index is 2.59. The van der Waals surface area contributed by atoms with Crippen LogP contribution < -0.4 is 11.1 Å². The van der Waals surface area contributed by atoms with Gasteiger partial charge in [0, 0.05) is 19.8 Å². The minimum Gasteiger partial charge on any atom is -0.368 e. The molecule has 1 unspecified atom stereocenters. The summed E-state index contributed by atoms with van der Waals surface area (Å²) in [7, 11) is 1.81. The first-order chi connectivity index (χ1) is 7.04. The molecule has 5 nitrogen and oxygen atoms in total. The summed E-state index contributed by atoms with van der Waals surface area (Å²) in [5.41, 5.74) is 6.66. The fourth-order valence-corrected chi connectivity index (χ4v) is 1.21. The van der Waals surface area contributed by atoms with E-state index >= 15 is 0 Å². The van der Waals surface area contributed by atoms with Crippen molar-refractivity contribution in [3.05, 3.63) is 23.5 Å². The number of hydrogen-bond acceptors (Lipinski definition) is 3. The number of aryl methyl sites for hydroxylation is 1. The van der Waals surface area contributed by atoms with E-state index < -0.39 is 0 Å². The van der Waals surface area contributed by atoms with Crippen LogP contribution >= 0.6 is 0 Å². The molecular weight excluding hydrogens is 192 g/mol. The van der Waals surface area contributed by atoms with Gasteiger partial charge in [0.1, 0.15) is 11.8 Å².